The van der Waals surface area contributed by atoms with Crippen molar-refractivity contribution in [3.05, 3.63) is 12.2 Å². The van der Waals surface area contributed by atoms with Crippen molar-refractivity contribution in [2.75, 3.05) is 0 Å². The van der Waals surface area contributed by atoms with Gasteiger partial charge in [-0.25, -0.2) is 0 Å². The molecule has 0 aromatic rings. The van der Waals surface area contributed by atoms with Gasteiger partial charge in [-0.15, -0.1) is 0 Å². The number of fused-ring (bicyclic) bond motifs is 5. The lowest BCUT2D eigenvalue weighted by Crippen LogP contribution is -2.39. The minimum Gasteiger partial charge on any atom is -0.0885 e. The molecule has 3 rings (SSSR count). The van der Waals surface area contributed by atoms with Crippen LogP contribution in [0.1, 0.15) is 39.0 Å². The van der Waals surface area contributed by atoms with E-state index in [9.17, 15) is 0 Å². The predicted molar refractivity (Wildman–Crippen MR) is 55.3 cm³/mol. The first-order valence-electron chi connectivity index (χ1n) is 6.06. The van der Waals surface area contributed by atoms with Crippen molar-refractivity contribution in [2.24, 2.45) is 29.6 Å². The molecule has 0 nitrogen and oxygen atoms in total. The van der Waals surface area contributed by atoms with E-state index in [2.05, 4.69) is 19.1 Å². The van der Waals surface area contributed by atoms with Gasteiger partial charge >= 0.3 is 0 Å². The number of hydrogen-bond donors (Lipinski definition) is 0. The summed E-state index contributed by atoms with van der Waals surface area (Å²) in [6.07, 6.45) is 12.4. The maximum atomic E-state index is 2.52. The standard InChI is InChI=1S/C13H20/c1-2-3-4-10-8-12-9-5-6-11(7-9)13(10)12/h3-4,9-13H,2,5-8H2,1H3/b4-3+/t9-,10-,11+,12+,13-/m0/s1. The van der Waals surface area contributed by atoms with E-state index in [0.29, 0.717) is 0 Å². The highest BCUT2D eigenvalue weighted by atomic mass is 14.6. The molecule has 0 saturated heterocycles. The molecular weight excluding hydrogens is 156 g/mol. The molecule has 0 amide bonds. The van der Waals surface area contributed by atoms with Crippen LogP contribution in [-0.4, -0.2) is 0 Å². The molecule has 0 aromatic heterocycles. The quantitative estimate of drug-likeness (QED) is 0.563. The summed E-state index contributed by atoms with van der Waals surface area (Å²) in [5.74, 6) is 5.56. The molecule has 72 valence electrons. The minimum atomic E-state index is 0.986. The Labute approximate surface area is 81.4 Å². The van der Waals surface area contributed by atoms with Crippen molar-refractivity contribution in [2.45, 2.75) is 39.0 Å². The van der Waals surface area contributed by atoms with E-state index in [1.165, 1.54) is 12.8 Å². The van der Waals surface area contributed by atoms with Gasteiger partial charge in [-0.1, -0.05) is 19.1 Å². The fourth-order valence-corrected chi connectivity index (χ4v) is 4.27. The van der Waals surface area contributed by atoms with Crippen LogP contribution in [0.2, 0.25) is 0 Å². The Morgan fingerprint density at radius 3 is 2.77 bits per heavy atom. The van der Waals surface area contributed by atoms with Gasteiger partial charge in [0.2, 0.25) is 0 Å². The van der Waals surface area contributed by atoms with Crippen molar-refractivity contribution in [1.82, 2.24) is 0 Å². The summed E-state index contributed by atoms with van der Waals surface area (Å²) in [6, 6.07) is 0. The lowest BCUT2D eigenvalue weighted by Gasteiger charge is -2.46. The highest BCUT2D eigenvalue weighted by molar-refractivity contribution is 5.11. The third-order valence-corrected chi connectivity index (χ3v) is 4.82. The molecule has 0 heterocycles. The zero-order valence-corrected chi connectivity index (χ0v) is 8.58. The topological polar surface area (TPSA) is 0 Å². The van der Waals surface area contributed by atoms with Gasteiger partial charge in [0.15, 0.2) is 0 Å². The molecule has 2 bridgehead atoms. The van der Waals surface area contributed by atoms with Crippen LogP contribution in [0.4, 0.5) is 0 Å². The second-order valence-corrected chi connectivity index (χ2v) is 5.31. The summed E-state index contributed by atoms with van der Waals surface area (Å²) in [6.45, 7) is 2.24. The van der Waals surface area contributed by atoms with Gasteiger partial charge in [-0.05, 0) is 61.7 Å². The van der Waals surface area contributed by atoms with E-state index < -0.39 is 0 Å². The molecule has 3 fully saturated rings. The van der Waals surface area contributed by atoms with Crippen LogP contribution in [-0.2, 0) is 0 Å². The first-order chi connectivity index (χ1) is 6.40. The Bertz CT molecular complexity index is 226. The average Bonchev–Trinajstić information content (AvgIpc) is 2.60. The van der Waals surface area contributed by atoms with Gasteiger partial charge in [0, 0.05) is 0 Å². The Morgan fingerprint density at radius 2 is 2.00 bits per heavy atom. The molecule has 5 atom stereocenters. The van der Waals surface area contributed by atoms with E-state index in [0.717, 1.165) is 29.6 Å². The summed E-state index contributed by atoms with van der Waals surface area (Å²) in [5.41, 5.74) is 0. The van der Waals surface area contributed by atoms with Gasteiger partial charge < -0.3 is 0 Å². The Morgan fingerprint density at radius 1 is 1.15 bits per heavy atom. The zero-order chi connectivity index (χ0) is 8.84. The smallest absolute Gasteiger partial charge is 0.0197 e. The molecule has 0 radical (unpaired) electrons. The van der Waals surface area contributed by atoms with Crippen LogP contribution in [0.15, 0.2) is 12.2 Å². The lowest BCUT2D eigenvalue weighted by atomic mass is 9.58. The summed E-state index contributed by atoms with van der Waals surface area (Å²) >= 11 is 0. The number of allylic oxidation sites excluding steroid dienone is 2. The monoisotopic (exact) mass is 176 g/mol. The van der Waals surface area contributed by atoms with Crippen LogP contribution >= 0.6 is 0 Å². The van der Waals surface area contributed by atoms with E-state index in [1.54, 1.807) is 19.3 Å². The lowest BCUT2D eigenvalue weighted by molar-refractivity contribution is 0.0494. The van der Waals surface area contributed by atoms with Crippen molar-refractivity contribution in [1.29, 1.82) is 0 Å². The van der Waals surface area contributed by atoms with Gasteiger partial charge in [0.05, 0.1) is 0 Å². The Kier molecular flexibility index (Phi) is 1.78. The highest BCUT2D eigenvalue weighted by Crippen LogP contribution is 2.63. The van der Waals surface area contributed by atoms with Crippen molar-refractivity contribution < 1.29 is 0 Å². The molecule has 3 aliphatic rings. The summed E-state index contributed by atoms with van der Waals surface area (Å²) in [5, 5.41) is 0. The van der Waals surface area contributed by atoms with Crippen molar-refractivity contribution in [3.63, 3.8) is 0 Å². The molecule has 0 spiro atoms. The minimum absolute atomic E-state index is 0.986. The third kappa shape index (κ3) is 1.04. The molecule has 0 unspecified atom stereocenters. The second kappa shape index (κ2) is 2.87. The van der Waals surface area contributed by atoms with Crippen LogP contribution < -0.4 is 0 Å². The van der Waals surface area contributed by atoms with Crippen LogP contribution in [0.25, 0.3) is 0 Å². The van der Waals surface area contributed by atoms with Gasteiger partial charge in [0.25, 0.3) is 0 Å². The SMILES string of the molecule is CC/C=C/[C@H]1C[C@@H]2[C@H]3CC[C@H](C3)[C@@H]21. The van der Waals surface area contributed by atoms with Crippen LogP contribution in [0, 0.1) is 29.6 Å². The average molecular weight is 176 g/mol. The fourth-order valence-electron chi connectivity index (χ4n) is 4.27. The van der Waals surface area contributed by atoms with Gasteiger partial charge in [0.1, 0.15) is 0 Å². The molecule has 3 aliphatic carbocycles. The fraction of sp³-hybridized carbons (Fsp3) is 0.846. The Balaban J connectivity index is 1.69. The molecular formula is C13H20. The molecule has 3 saturated carbocycles. The van der Waals surface area contributed by atoms with E-state index in [4.69, 9.17) is 0 Å². The molecule has 0 aliphatic heterocycles. The Hall–Kier alpha value is -0.260. The normalized spacial score (nSPS) is 52.5. The maximum Gasteiger partial charge on any atom is -0.0197 e. The van der Waals surface area contributed by atoms with Crippen LogP contribution in [0.5, 0.6) is 0 Å². The number of rotatable bonds is 2. The third-order valence-electron chi connectivity index (χ3n) is 4.82. The van der Waals surface area contributed by atoms with Crippen LogP contribution in [0.3, 0.4) is 0 Å². The molecule has 0 N–H and O–H groups in total. The van der Waals surface area contributed by atoms with Crippen molar-refractivity contribution in [3.8, 4) is 0 Å². The summed E-state index contributed by atoms with van der Waals surface area (Å²) in [7, 11) is 0. The van der Waals surface area contributed by atoms with Gasteiger partial charge in [-0.3, -0.25) is 0 Å². The van der Waals surface area contributed by atoms with E-state index in [1.807, 2.05) is 0 Å². The maximum absolute atomic E-state index is 2.52. The summed E-state index contributed by atoms with van der Waals surface area (Å²) in [4.78, 5) is 0. The highest BCUT2D eigenvalue weighted by Gasteiger charge is 2.55. The van der Waals surface area contributed by atoms with E-state index >= 15 is 0 Å². The largest absolute Gasteiger partial charge is 0.0885 e. The number of hydrogen-bond acceptors (Lipinski definition) is 0. The predicted octanol–water partition coefficient (Wildman–Crippen LogP) is 3.63. The molecule has 0 heteroatoms. The summed E-state index contributed by atoms with van der Waals surface area (Å²) < 4.78 is 0. The molecule has 0 aromatic carbocycles. The second-order valence-electron chi connectivity index (χ2n) is 5.31. The van der Waals surface area contributed by atoms with Gasteiger partial charge in [-0.2, -0.15) is 0 Å². The molecule has 13 heavy (non-hydrogen) atoms. The first kappa shape index (κ1) is 8.08. The van der Waals surface area contributed by atoms with E-state index in [-0.39, 0.29) is 0 Å². The zero-order valence-electron chi connectivity index (χ0n) is 8.58. The van der Waals surface area contributed by atoms with Crippen molar-refractivity contribution >= 4 is 0 Å². The first-order valence-corrected chi connectivity index (χ1v) is 6.06.